The lowest BCUT2D eigenvalue weighted by Gasteiger charge is -2.09. The summed E-state index contributed by atoms with van der Waals surface area (Å²) in [5.41, 5.74) is 5.38. The van der Waals surface area contributed by atoms with Gasteiger partial charge in [-0.1, -0.05) is 23.4 Å². The Morgan fingerprint density at radius 3 is 2.88 bits per heavy atom. The molecule has 1 aromatic carbocycles. The summed E-state index contributed by atoms with van der Waals surface area (Å²) in [7, 11) is 0. The smallest absolute Gasteiger partial charge is 0.152 e. The first kappa shape index (κ1) is 15.1. The van der Waals surface area contributed by atoms with Gasteiger partial charge in [0.25, 0.3) is 0 Å². The molecule has 4 rings (SSSR count). The number of aromatic nitrogens is 3. The molecule has 1 aliphatic rings. The van der Waals surface area contributed by atoms with Gasteiger partial charge in [-0.2, -0.15) is 5.10 Å². The first-order valence-corrected chi connectivity index (χ1v) is 8.81. The number of benzene rings is 1. The Hall–Kier alpha value is -2.47. The van der Waals surface area contributed by atoms with Gasteiger partial charge in [-0.15, -0.1) is 11.3 Å². The Morgan fingerprint density at radius 2 is 2.12 bits per heavy atom. The molecule has 1 unspecified atom stereocenters. The molecule has 1 aliphatic heterocycles. The topological polar surface area (TPSA) is 52.3 Å². The maximum absolute atomic E-state index is 5.63. The van der Waals surface area contributed by atoms with Crippen LogP contribution in [-0.4, -0.2) is 26.6 Å². The molecular formula is C18H18N4OS. The Labute approximate surface area is 144 Å². The van der Waals surface area contributed by atoms with Crippen LogP contribution >= 0.6 is 11.3 Å². The molecule has 122 valence electrons. The van der Waals surface area contributed by atoms with Crippen molar-refractivity contribution in [2.45, 2.75) is 32.9 Å². The summed E-state index contributed by atoms with van der Waals surface area (Å²) in [4.78, 5) is 10.0. The molecule has 3 heterocycles. The zero-order chi connectivity index (χ0) is 16.5. The molecule has 0 bridgehead atoms. The van der Waals surface area contributed by atoms with Gasteiger partial charge in [0.15, 0.2) is 6.10 Å². The van der Waals surface area contributed by atoms with E-state index in [-0.39, 0.29) is 6.10 Å². The van der Waals surface area contributed by atoms with Crippen LogP contribution in [0.1, 0.15) is 23.4 Å². The summed E-state index contributed by atoms with van der Waals surface area (Å²) in [5, 5.41) is 11.8. The molecule has 0 radical (unpaired) electrons. The van der Waals surface area contributed by atoms with Crippen LogP contribution in [0, 0.1) is 13.8 Å². The minimum absolute atomic E-state index is 0.0292. The van der Waals surface area contributed by atoms with Crippen LogP contribution in [0.2, 0.25) is 0 Å². The van der Waals surface area contributed by atoms with E-state index in [9.17, 15) is 0 Å². The molecule has 2 aromatic heterocycles. The molecule has 0 spiro atoms. The zero-order valence-corrected chi connectivity index (χ0v) is 14.5. The molecule has 1 atom stereocenters. The van der Waals surface area contributed by atoms with Crippen molar-refractivity contribution in [3.8, 4) is 10.6 Å². The van der Waals surface area contributed by atoms with Crippen LogP contribution in [0.3, 0.4) is 0 Å². The van der Waals surface area contributed by atoms with Crippen molar-refractivity contribution < 1.29 is 4.84 Å². The Balaban J connectivity index is 1.49. The summed E-state index contributed by atoms with van der Waals surface area (Å²) in [6.07, 6.45) is 2.65. The highest BCUT2D eigenvalue weighted by atomic mass is 32.1. The van der Waals surface area contributed by atoms with Crippen LogP contribution < -0.4 is 0 Å². The molecule has 0 fully saturated rings. The molecule has 6 heteroatoms. The molecule has 0 N–H and O–H groups in total. The lowest BCUT2D eigenvalue weighted by molar-refractivity contribution is 0.0692. The van der Waals surface area contributed by atoms with Crippen LogP contribution in [0.5, 0.6) is 0 Å². The van der Waals surface area contributed by atoms with E-state index in [4.69, 9.17) is 4.84 Å². The lowest BCUT2D eigenvalue weighted by Crippen LogP contribution is -2.18. The summed E-state index contributed by atoms with van der Waals surface area (Å²) in [6.45, 7) is 4.79. The monoisotopic (exact) mass is 338 g/mol. The van der Waals surface area contributed by atoms with Gasteiger partial charge in [0.05, 0.1) is 18.0 Å². The molecule has 0 amide bonds. The van der Waals surface area contributed by atoms with E-state index >= 15 is 0 Å². The fourth-order valence-corrected chi connectivity index (χ4v) is 3.58. The SMILES string of the molecule is Cc1cc(C)n(CC2CC(c3cccc(-c4nccs4)c3)=NO2)n1. The summed E-state index contributed by atoms with van der Waals surface area (Å²) >= 11 is 1.64. The lowest BCUT2D eigenvalue weighted by atomic mass is 10.0. The van der Waals surface area contributed by atoms with Crippen molar-refractivity contribution in [1.82, 2.24) is 14.8 Å². The number of nitrogens with zero attached hydrogens (tertiary/aromatic N) is 4. The van der Waals surface area contributed by atoms with Crippen molar-refractivity contribution in [3.63, 3.8) is 0 Å². The van der Waals surface area contributed by atoms with E-state index in [2.05, 4.69) is 46.4 Å². The summed E-state index contributed by atoms with van der Waals surface area (Å²) in [5.74, 6) is 0. The van der Waals surface area contributed by atoms with Gasteiger partial charge in [0.1, 0.15) is 5.01 Å². The zero-order valence-electron chi connectivity index (χ0n) is 13.6. The summed E-state index contributed by atoms with van der Waals surface area (Å²) in [6, 6.07) is 10.4. The third-order valence-electron chi connectivity index (χ3n) is 4.09. The third-order valence-corrected chi connectivity index (χ3v) is 4.91. The standard InChI is InChI=1S/C18H18N4OS/c1-12-8-13(2)22(20-12)11-16-10-17(21-23-16)14-4-3-5-15(9-14)18-19-6-7-24-18/h3-9,16H,10-11H2,1-2H3. The largest absolute Gasteiger partial charge is 0.390 e. The second-order valence-electron chi connectivity index (χ2n) is 6.00. The Bertz CT molecular complexity index is 882. The highest BCUT2D eigenvalue weighted by Gasteiger charge is 2.23. The van der Waals surface area contributed by atoms with E-state index in [1.165, 1.54) is 0 Å². The van der Waals surface area contributed by atoms with Crippen molar-refractivity contribution in [3.05, 3.63) is 58.9 Å². The fourth-order valence-electron chi connectivity index (χ4n) is 2.95. The molecule has 0 aliphatic carbocycles. The highest BCUT2D eigenvalue weighted by molar-refractivity contribution is 7.13. The van der Waals surface area contributed by atoms with Gasteiger partial charge in [-0.25, -0.2) is 4.98 Å². The van der Waals surface area contributed by atoms with Gasteiger partial charge in [0.2, 0.25) is 0 Å². The van der Waals surface area contributed by atoms with Crippen molar-refractivity contribution in [2.75, 3.05) is 0 Å². The molecule has 3 aromatic rings. The van der Waals surface area contributed by atoms with E-state index in [0.29, 0.717) is 0 Å². The molecule has 24 heavy (non-hydrogen) atoms. The van der Waals surface area contributed by atoms with E-state index in [1.807, 2.05) is 29.2 Å². The average molecular weight is 338 g/mol. The van der Waals surface area contributed by atoms with Crippen LogP contribution in [0.25, 0.3) is 10.6 Å². The molecule has 5 nitrogen and oxygen atoms in total. The number of aryl methyl sites for hydroxylation is 2. The van der Waals surface area contributed by atoms with E-state index in [1.54, 1.807) is 11.3 Å². The van der Waals surface area contributed by atoms with Gasteiger partial charge in [-0.05, 0) is 26.0 Å². The van der Waals surface area contributed by atoms with Crippen molar-refractivity contribution in [2.24, 2.45) is 5.16 Å². The van der Waals surface area contributed by atoms with Crippen molar-refractivity contribution in [1.29, 1.82) is 0 Å². The Kier molecular flexibility index (Phi) is 3.90. The number of hydrogen-bond acceptors (Lipinski definition) is 5. The fraction of sp³-hybridized carbons (Fsp3) is 0.278. The van der Waals surface area contributed by atoms with Crippen LogP contribution in [0.4, 0.5) is 0 Å². The average Bonchev–Trinajstić information content (AvgIpc) is 3.31. The van der Waals surface area contributed by atoms with E-state index < -0.39 is 0 Å². The second-order valence-corrected chi connectivity index (χ2v) is 6.89. The minimum atomic E-state index is 0.0292. The molecule has 0 saturated heterocycles. The first-order valence-electron chi connectivity index (χ1n) is 7.93. The predicted octanol–water partition coefficient (Wildman–Crippen LogP) is 3.82. The van der Waals surface area contributed by atoms with Crippen molar-refractivity contribution >= 4 is 17.0 Å². The number of oxime groups is 1. The van der Waals surface area contributed by atoms with Gasteiger partial charge < -0.3 is 4.84 Å². The predicted molar refractivity (Wildman–Crippen MR) is 95.3 cm³/mol. The number of thiazole rings is 1. The van der Waals surface area contributed by atoms with E-state index in [0.717, 1.165) is 46.2 Å². The third kappa shape index (κ3) is 2.97. The first-order chi connectivity index (χ1) is 11.7. The van der Waals surface area contributed by atoms with Gasteiger partial charge >= 0.3 is 0 Å². The maximum Gasteiger partial charge on any atom is 0.152 e. The Morgan fingerprint density at radius 1 is 1.25 bits per heavy atom. The minimum Gasteiger partial charge on any atom is -0.390 e. The number of rotatable bonds is 4. The van der Waals surface area contributed by atoms with Gasteiger partial charge in [-0.3, -0.25) is 4.68 Å². The van der Waals surface area contributed by atoms with Crippen LogP contribution in [0.15, 0.2) is 47.1 Å². The summed E-state index contributed by atoms with van der Waals surface area (Å²) < 4.78 is 1.99. The molecule has 0 saturated carbocycles. The quantitative estimate of drug-likeness (QED) is 0.727. The molecular weight excluding hydrogens is 320 g/mol. The van der Waals surface area contributed by atoms with Crippen LogP contribution in [-0.2, 0) is 11.4 Å². The maximum atomic E-state index is 5.63. The highest BCUT2D eigenvalue weighted by Crippen LogP contribution is 2.25. The second kappa shape index (κ2) is 6.20. The normalized spacial score (nSPS) is 16.9. The number of hydrogen-bond donors (Lipinski definition) is 0. The van der Waals surface area contributed by atoms with Gasteiger partial charge in [0, 0.05) is 34.8 Å².